The zero-order valence-electron chi connectivity index (χ0n) is 21.8. The molecule has 0 saturated heterocycles. The molecule has 3 aromatic rings. The SMILES string of the molecule is CCCC(CC)N(CCNCCc1ccc(O)c2[nH]c(=O)sc12)C(=O)CCNCCc1ccc(Cl)cc1. The number of nitrogens with zero attached hydrogens (tertiary/aromatic N) is 1. The van der Waals surface area contributed by atoms with E-state index in [0.29, 0.717) is 31.6 Å². The number of H-pyrrole nitrogens is 1. The van der Waals surface area contributed by atoms with E-state index in [1.54, 1.807) is 6.07 Å². The molecule has 0 aliphatic rings. The standard InChI is InChI=1S/C28H39ClN4O3S/c1-3-5-23(4-2)33(25(35)14-17-30-15-12-20-6-9-22(29)10-7-20)19-18-31-16-13-21-8-11-24(34)26-27(21)37-28(36)32-26/h6-11,23,30-31,34H,3-5,12-19H2,1-2H3,(H,32,36). The number of phenolic OH excluding ortho intramolecular Hbond substituents is 1. The average Bonchev–Trinajstić information content (AvgIpc) is 3.29. The van der Waals surface area contributed by atoms with Crippen molar-refractivity contribution in [3.05, 3.63) is 62.2 Å². The van der Waals surface area contributed by atoms with Gasteiger partial charge in [-0.05, 0) is 68.1 Å². The number of nitrogens with one attached hydrogen (secondary N) is 3. The molecule has 37 heavy (non-hydrogen) atoms. The van der Waals surface area contributed by atoms with Gasteiger partial charge in [0.1, 0.15) is 11.3 Å². The minimum Gasteiger partial charge on any atom is -0.506 e. The summed E-state index contributed by atoms with van der Waals surface area (Å²) in [6, 6.07) is 11.6. The van der Waals surface area contributed by atoms with E-state index in [1.165, 1.54) is 5.56 Å². The topological polar surface area (TPSA) is 97.5 Å². The Kier molecular flexibility index (Phi) is 11.9. The molecule has 1 amide bonds. The second kappa shape index (κ2) is 15.1. The van der Waals surface area contributed by atoms with Crippen molar-refractivity contribution < 1.29 is 9.90 Å². The van der Waals surface area contributed by atoms with Crippen LogP contribution in [0.3, 0.4) is 0 Å². The Morgan fingerprint density at radius 3 is 2.51 bits per heavy atom. The molecule has 0 bridgehead atoms. The third-order valence-electron chi connectivity index (χ3n) is 6.61. The Balaban J connectivity index is 1.44. The summed E-state index contributed by atoms with van der Waals surface area (Å²) in [4.78, 5) is 29.5. The Hall–Kier alpha value is -2.39. The van der Waals surface area contributed by atoms with Gasteiger partial charge in [-0.2, -0.15) is 0 Å². The molecule has 4 N–H and O–H groups in total. The fourth-order valence-electron chi connectivity index (χ4n) is 4.59. The lowest BCUT2D eigenvalue weighted by molar-refractivity contribution is -0.133. The molecule has 202 valence electrons. The summed E-state index contributed by atoms with van der Waals surface area (Å²) in [5.74, 6) is 0.290. The van der Waals surface area contributed by atoms with Crippen LogP contribution in [-0.4, -0.2) is 59.7 Å². The summed E-state index contributed by atoms with van der Waals surface area (Å²) < 4.78 is 0.807. The fraction of sp³-hybridized carbons (Fsp3) is 0.500. The Morgan fingerprint density at radius 1 is 1.05 bits per heavy atom. The lowest BCUT2D eigenvalue weighted by Gasteiger charge is -2.31. The molecule has 7 nitrogen and oxygen atoms in total. The molecule has 1 atom stereocenters. The maximum atomic E-state index is 13.1. The van der Waals surface area contributed by atoms with Gasteiger partial charge in [-0.1, -0.05) is 61.4 Å². The molecule has 0 radical (unpaired) electrons. The highest BCUT2D eigenvalue weighted by Gasteiger charge is 2.21. The first kappa shape index (κ1) is 29.2. The number of phenols is 1. The molecule has 1 unspecified atom stereocenters. The van der Waals surface area contributed by atoms with Crippen molar-refractivity contribution in [3.63, 3.8) is 0 Å². The summed E-state index contributed by atoms with van der Waals surface area (Å²) >= 11 is 7.07. The second-order valence-electron chi connectivity index (χ2n) is 9.28. The predicted octanol–water partition coefficient (Wildman–Crippen LogP) is 4.71. The highest BCUT2D eigenvalue weighted by atomic mass is 35.5. The number of fused-ring (bicyclic) bond motifs is 1. The third kappa shape index (κ3) is 8.85. The second-order valence-corrected chi connectivity index (χ2v) is 10.7. The zero-order valence-corrected chi connectivity index (χ0v) is 23.4. The number of carbonyl (C=O) groups is 1. The van der Waals surface area contributed by atoms with Crippen molar-refractivity contribution in [2.75, 3.05) is 32.7 Å². The number of thiazole rings is 1. The minimum atomic E-state index is -0.166. The van der Waals surface area contributed by atoms with Gasteiger partial charge in [-0.3, -0.25) is 9.59 Å². The number of aromatic nitrogens is 1. The number of aromatic amines is 1. The first-order chi connectivity index (χ1) is 17.9. The quantitative estimate of drug-likeness (QED) is 0.195. The van der Waals surface area contributed by atoms with E-state index in [2.05, 4.69) is 29.5 Å². The van der Waals surface area contributed by atoms with Crippen molar-refractivity contribution in [2.45, 2.75) is 58.4 Å². The van der Waals surface area contributed by atoms with Crippen LogP contribution in [0.2, 0.25) is 5.02 Å². The highest BCUT2D eigenvalue weighted by Crippen LogP contribution is 2.27. The molecule has 0 saturated carbocycles. The molecular formula is C28H39ClN4O3S. The summed E-state index contributed by atoms with van der Waals surface area (Å²) in [6.45, 7) is 7.90. The maximum absolute atomic E-state index is 13.1. The predicted molar refractivity (Wildman–Crippen MR) is 154 cm³/mol. The van der Waals surface area contributed by atoms with Gasteiger partial charge in [0.25, 0.3) is 0 Å². The molecule has 3 rings (SSSR count). The normalized spacial score (nSPS) is 12.2. The van der Waals surface area contributed by atoms with E-state index >= 15 is 0 Å². The van der Waals surface area contributed by atoms with E-state index in [-0.39, 0.29) is 22.6 Å². The van der Waals surface area contributed by atoms with Gasteiger partial charge in [-0.25, -0.2) is 0 Å². The lowest BCUT2D eigenvalue weighted by Crippen LogP contribution is -2.44. The smallest absolute Gasteiger partial charge is 0.305 e. The number of aromatic hydroxyl groups is 1. The number of amides is 1. The number of hydrogen-bond donors (Lipinski definition) is 4. The molecule has 9 heteroatoms. The minimum absolute atomic E-state index is 0.0974. The number of benzene rings is 2. The Morgan fingerprint density at radius 2 is 1.78 bits per heavy atom. The third-order valence-corrected chi connectivity index (χ3v) is 7.82. The van der Waals surface area contributed by atoms with Gasteiger partial charge >= 0.3 is 4.87 Å². The molecular weight excluding hydrogens is 508 g/mol. The zero-order chi connectivity index (χ0) is 26.6. The van der Waals surface area contributed by atoms with E-state index in [0.717, 1.165) is 71.8 Å². The fourth-order valence-corrected chi connectivity index (χ4v) is 5.61. The summed E-state index contributed by atoms with van der Waals surface area (Å²) in [5.41, 5.74) is 2.76. The Labute approximate surface area is 228 Å². The van der Waals surface area contributed by atoms with Crippen LogP contribution in [-0.2, 0) is 17.6 Å². The highest BCUT2D eigenvalue weighted by molar-refractivity contribution is 7.16. The van der Waals surface area contributed by atoms with Crippen molar-refractivity contribution >= 4 is 39.1 Å². The lowest BCUT2D eigenvalue weighted by atomic mass is 10.1. The van der Waals surface area contributed by atoms with E-state index in [4.69, 9.17) is 11.6 Å². The summed E-state index contributed by atoms with van der Waals surface area (Å²) in [6.07, 6.45) is 5.12. The van der Waals surface area contributed by atoms with E-state index in [9.17, 15) is 14.7 Å². The Bertz CT molecular complexity index is 1180. The molecule has 1 aromatic heterocycles. The molecule has 0 spiro atoms. The summed E-state index contributed by atoms with van der Waals surface area (Å²) in [5, 5.41) is 17.6. The monoisotopic (exact) mass is 546 g/mol. The van der Waals surface area contributed by atoms with Gasteiger partial charge in [0.05, 0.1) is 4.70 Å². The number of rotatable bonds is 16. The van der Waals surface area contributed by atoms with Crippen LogP contribution >= 0.6 is 22.9 Å². The van der Waals surface area contributed by atoms with Gasteiger partial charge in [-0.15, -0.1) is 0 Å². The van der Waals surface area contributed by atoms with Crippen LogP contribution in [0.5, 0.6) is 5.75 Å². The van der Waals surface area contributed by atoms with E-state index < -0.39 is 0 Å². The van der Waals surface area contributed by atoms with Crippen molar-refractivity contribution in [1.29, 1.82) is 0 Å². The van der Waals surface area contributed by atoms with Gasteiger partial charge < -0.3 is 25.6 Å². The van der Waals surface area contributed by atoms with Gasteiger partial charge in [0.2, 0.25) is 5.91 Å². The van der Waals surface area contributed by atoms with Crippen LogP contribution in [0.25, 0.3) is 10.2 Å². The first-order valence-electron chi connectivity index (χ1n) is 13.2. The van der Waals surface area contributed by atoms with Crippen LogP contribution in [0.1, 0.15) is 50.7 Å². The molecule has 0 aliphatic heterocycles. The molecule has 0 fully saturated rings. The van der Waals surface area contributed by atoms with Gasteiger partial charge in [0.15, 0.2) is 0 Å². The van der Waals surface area contributed by atoms with Crippen molar-refractivity contribution in [1.82, 2.24) is 20.5 Å². The molecule has 2 aromatic carbocycles. The maximum Gasteiger partial charge on any atom is 0.305 e. The number of hydrogen-bond acceptors (Lipinski definition) is 6. The van der Waals surface area contributed by atoms with Crippen LogP contribution in [0, 0.1) is 0 Å². The van der Waals surface area contributed by atoms with Gasteiger partial charge in [0, 0.05) is 37.1 Å². The van der Waals surface area contributed by atoms with Crippen molar-refractivity contribution in [3.8, 4) is 5.75 Å². The molecule has 1 heterocycles. The number of carbonyl (C=O) groups excluding carboxylic acids is 1. The largest absolute Gasteiger partial charge is 0.506 e. The average molecular weight is 547 g/mol. The van der Waals surface area contributed by atoms with Crippen LogP contribution in [0.15, 0.2) is 41.2 Å². The van der Waals surface area contributed by atoms with Crippen LogP contribution < -0.4 is 15.5 Å². The summed E-state index contributed by atoms with van der Waals surface area (Å²) in [7, 11) is 0. The van der Waals surface area contributed by atoms with Crippen molar-refractivity contribution in [2.24, 2.45) is 0 Å². The first-order valence-corrected chi connectivity index (χ1v) is 14.4. The van der Waals surface area contributed by atoms with Crippen LogP contribution in [0.4, 0.5) is 0 Å². The molecule has 0 aliphatic carbocycles. The van der Waals surface area contributed by atoms with E-state index in [1.807, 2.05) is 35.2 Å². The number of halogens is 1.